The van der Waals surface area contributed by atoms with Gasteiger partial charge in [0.05, 0.1) is 18.2 Å². The molecule has 1 heterocycles. The number of para-hydroxylation sites is 1. The Morgan fingerprint density at radius 1 is 1.47 bits per heavy atom. The molecule has 2 aromatic rings. The molecule has 1 aromatic heterocycles. The molecule has 0 saturated heterocycles. The van der Waals surface area contributed by atoms with Crippen molar-refractivity contribution in [1.29, 1.82) is 0 Å². The molecule has 17 heavy (non-hydrogen) atoms. The predicted octanol–water partition coefficient (Wildman–Crippen LogP) is 2.69. The van der Waals surface area contributed by atoms with E-state index < -0.39 is 6.10 Å². The quantitative estimate of drug-likeness (QED) is 0.671. The van der Waals surface area contributed by atoms with Crippen LogP contribution in [-0.4, -0.2) is 29.0 Å². The van der Waals surface area contributed by atoms with Crippen LogP contribution in [0.15, 0.2) is 35.3 Å². The Balaban J connectivity index is 2.34. The van der Waals surface area contributed by atoms with Crippen LogP contribution in [-0.2, 0) is 0 Å². The third kappa shape index (κ3) is 3.02. The largest absolute Gasteiger partial charge is 0.391 e. The van der Waals surface area contributed by atoms with Crippen LogP contribution >= 0.6 is 11.6 Å². The molecule has 0 aliphatic rings. The van der Waals surface area contributed by atoms with Crippen molar-refractivity contribution in [2.75, 3.05) is 6.54 Å². The SMILES string of the molecule is C[C@H](O)CN=Cc1cc2ccccc2nc1Cl. The Bertz CT molecular complexity index is 552. The lowest BCUT2D eigenvalue weighted by molar-refractivity contribution is 0.204. The third-order valence-corrected chi connectivity index (χ3v) is 2.61. The molecule has 0 saturated carbocycles. The lowest BCUT2D eigenvalue weighted by Crippen LogP contribution is -2.04. The molecule has 0 radical (unpaired) electrons. The Hall–Kier alpha value is -1.45. The van der Waals surface area contributed by atoms with Crippen molar-refractivity contribution in [1.82, 2.24) is 4.98 Å². The number of fused-ring (bicyclic) bond motifs is 1. The fourth-order valence-corrected chi connectivity index (χ4v) is 1.70. The minimum atomic E-state index is -0.446. The van der Waals surface area contributed by atoms with Crippen LogP contribution in [0.2, 0.25) is 5.15 Å². The Kier molecular flexibility index (Phi) is 3.71. The second-order valence-electron chi connectivity index (χ2n) is 3.90. The molecule has 1 N–H and O–H groups in total. The van der Waals surface area contributed by atoms with Crippen molar-refractivity contribution >= 4 is 28.7 Å². The van der Waals surface area contributed by atoms with Gasteiger partial charge in [-0.15, -0.1) is 0 Å². The number of benzene rings is 1. The first-order chi connectivity index (χ1) is 8.16. The van der Waals surface area contributed by atoms with E-state index in [2.05, 4.69) is 9.98 Å². The van der Waals surface area contributed by atoms with Gasteiger partial charge in [0.15, 0.2) is 0 Å². The highest BCUT2D eigenvalue weighted by molar-refractivity contribution is 6.32. The molecule has 88 valence electrons. The van der Waals surface area contributed by atoms with Crippen molar-refractivity contribution in [2.24, 2.45) is 4.99 Å². The molecular weight excluding hydrogens is 236 g/mol. The van der Waals surface area contributed by atoms with Gasteiger partial charge >= 0.3 is 0 Å². The smallest absolute Gasteiger partial charge is 0.138 e. The van der Waals surface area contributed by atoms with Crippen LogP contribution < -0.4 is 0 Å². The predicted molar refractivity (Wildman–Crippen MR) is 70.9 cm³/mol. The summed E-state index contributed by atoms with van der Waals surface area (Å²) in [5, 5.41) is 10.6. The zero-order valence-electron chi connectivity index (χ0n) is 9.47. The van der Waals surface area contributed by atoms with Crippen LogP contribution in [0, 0.1) is 0 Å². The normalized spacial score (nSPS) is 13.4. The summed E-state index contributed by atoms with van der Waals surface area (Å²) in [6.45, 7) is 2.06. The number of nitrogens with zero attached hydrogens (tertiary/aromatic N) is 2. The summed E-state index contributed by atoms with van der Waals surface area (Å²) in [7, 11) is 0. The molecule has 0 unspecified atom stereocenters. The topological polar surface area (TPSA) is 45.5 Å². The van der Waals surface area contributed by atoms with Gasteiger partial charge in [0.25, 0.3) is 0 Å². The van der Waals surface area contributed by atoms with Gasteiger partial charge in [-0.1, -0.05) is 29.8 Å². The first kappa shape index (κ1) is 12.0. The van der Waals surface area contributed by atoms with Crippen molar-refractivity contribution in [2.45, 2.75) is 13.0 Å². The fourth-order valence-electron chi connectivity index (χ4n) is 1.50. The van der Waals surface area contributed by atoms with Crippen LogP contribution in [0.4, 0.5) is 0 Å². The monoisotopic (exact) mass is 248 g/mol. The summed E-state index contributed by atoms with van der Waals surface area (Å²) in [6.07, 6.45) is 1.20. The number of halogens is 1. The second kappa shape index (κ2) is 5.25. The van der Waals surface area contributed by atoms with Gasteiger partial charge in [-0.3, -0.25) is 4.99 Å². The second-order valence-corrected chi connectivity index (χ2v) is 4.26. The third-order valence-electron chi connectivity index (χ3n) is 2.30. The van der Waals surface area contributed by atoms with Gasteiger partial charge in [-0.2, -0.15) is 0 Å². The molecule has 1 atom stereocenters. The summed E-state index contributed by atoms with van der Waals surface area (Å²) in [4.78, 5) is 8.39. The molecule has 0 spiro atoms. The van der Waals surface area contributed by atoms with Crippen LogP contribution in [0.1, 0.15) is 12.5 Å². The van der Waals surface area contributed by atoms with Gasteiger partial charge in [0.2, 0.25) is 0 Å². The summed E-state index contributed by atoms with van der Waals surface area (Å²) < 4.78 is 0. The van der Waals surface area contributed by atoms with E-state index in [0.717, 1.165) is 16.5 Å². The molecule has 0 aliphatic heterocycles. The molecule has 0 bridgehead atoms. The van der Waals surface area contributed by atoms with Gasteiger partial charge in [0.1, 0.15) is 5.15 Å². The first-order valence-electron chi connectivity index (χ1n) is 5.40. The van der Waals surface area contributed by atoms with E-state index in [-0.39, 0.29) is 0 Å². The van der Waals surface area contributed by atoms with Gasteiger partial charge in [0, 0.05) is 17.2 Å². The number of pyridine rings is 1. The van der Waals surface area contributed by atoms with Gasteiger partial charge in [-0.05, 0) is 19.1 Å². The summed E-state index contributed by atoms with van der Waals surface area (Å²) in [6, 6.07) is 9.71. The highest BCUT2D eigenvalue weighted by Gasteiger charge is 2.02. The van der Waals surface area contributed by atoms with E-state index in [4.69, 9.17) is 16.7 Å². The highest BCUT2D eigenvalue weighted by atomic mass is 35.5. The number of aliphatic hydroxyl groups excluding tert-OH is 1. The number of aromatic nitrogens is 1. The number of rotatable bonds is 3. The Morgan fingerprint density at radius 2 is 2.24 bits per heavy atom. The number of hydrogen-bond donors (Lipinski definition) is 1. The first-order valence-corrected chi connectivity index (χ1v) is 5.78. The van der Waals surface area contributed by atoms with E-state index in [1.807, 2.05) is 30.3 Å². The van der Waals surface area contributed by atoms with Crippen molar-refractivity contribution < 1.29 is 5.11 Å². The van der Waals surface area contributed by atoms with E-state index in [1.54, 1.807) is 13.1 Å². The van der Waals surface area contributed by atoms with Gasteiger partial charge in [-0.25, -0.2) is 4.98 Å². The molecule has 2 rings (SSSR count). The van der Waals surface area contributed by atoms with Crippen LogP contribution in [0.5, 0.6) is 0 Å². The molecular formula is C13H13ClN2O. The maximum atomic E-state index is 9.11. The standard InChI is InChI=1S/C13H13ClN2O/c1-9(17)7-15-8-11-6-10-4-2-3-5-12(10)16-13(11)14/h2-6,8-9,17H,7H2,1H3/t9-/m0/s1. The fraction of sp³-hybridized carbons (Fsp3) is 0.231. The number of hydrogen-bond acceptors (Lipinski definition) is 3. The minimum absolute atomic E-state index is 0.364. The highest BCUT2D eigenvalue weighted by Crippen LogP contribution is 2.18. The number of aliphatic hydroxyl groups is 1. The molecule has 0 amide bonds. The van der Waals surface area contributed by atoms with Crippen molar-refractivity contribution in [3.63, 3.8) is 0 Å². The molecule has 0 fully saturated rings. The Labute approximate surface area is 105 Å². The zero-order valence-corrected chi connectivity index (χ0v) is 10.2. The van der Waals surface area contributed by atoms with E-state index in [9.17, 15) is 0 Å². The maximum Gasteiger partial charge on any atom is 0.138 e. The molecule has 4 heteroatoms. The van der Waals surface area contributed by atoms with Crippen LogP contribution in [0.3, 0.4) is 0 Å². The zero-order chi connectivity index (χ0) is 12.3. The lowest BCUT2D eigenvalue weighted by atomic mass is 10.2. The van der Waals surface area contributed by atoms with Crippen molar-refractivity contribution in [3.05, 3.63) is 41.0 Å². The average Bonchev–Trinajstić information content (AvgIpc) is 2.29. The number of aliphatic imine (C=N–C) groups is 1. The minimum Gasteiger partial charge on any atom is -0.391 e. The molecule has 1 aromatic carbocycles. The Morgan fingerprint density at radius 3 is 3.00 bits per heavy atom. The molecule has 0 aliphatic carbocycles. The van der Waals surface area contributed by atoms with Crippen molar-refractivity contribution in [3.8, 4) is 0 Å². The van der Waals surface area contributed by atoms with E-state index in [1.165, 1.54) is 0 Å². The summed E-state index contributed by atoms with van der Waals surface area (Å²) in [5.41, 5.74) is 1.64. The molecule has 3 nitrogen and oxygen atoms in total. The maximum absolute atomic E-state index is 9.11. The van der Waals surface area contributed by atoms with E-state index >= 15 is 0 Å². The van der Waals surface area contributed by atoms with Crippen LogP contribution in [0.25, 0.3) is 10.9 Å². The lowest BCUT2D eigenvalue weighted by Gasteiger charge is -2.02. The van der Waals surface area contributed by atoms with E-state index in [0.29, 0.717) is 11.7 Å². The average molecular weight is 249 g/mol. The van der Waals surface area contributed by atoms with Gasteiger partial charge < -0.3 is 5.11 Å². The summed E-state index contributed by atoms with van der Waals surface area (Å²) in [5.74, 6) is 0. The summed E-state index contributed by atoms with van der Waals surface area (Å²) >= 11 is 6.05.